The van der Waals surface area contributed by atoms with Crippen molar-refractivity contribution in [3.63, 3.8) is 0 Å². The zero-order valence-corrected chi connectivity index (χ0v) is 43.1. The van der Waals surface area contributed by atoms with Gasteiger partial charge in [-0.15, -0.1) is 0 Å². The number of amides is 1. The highest BCUT2D eigenvalue weighted by Gasteiger charge is 2.34. The number of H-pyrrole nitrogens is 1. The van der Waals surface area contributed by atoms with Gasteiger partial charge in [0.2, 0.25) is 0 Å². The van der Waals surface area contributed by atoms with Crippen molar-refractivity contribution in [2.45, 2.75) is 33.9 Å². The Morgan fingerprint density at radius 1 is 0.429 bits per heavy atom. The number of rotatable bonds is 5. The number of fused-ring (bicyclic) bond motifs is 1. The van der Waals surface area contributed by atoms with E-state index in [1.54, 1.807) is 97.9 Å². The molecule has 0 atom stereocenters. The molecule has 0 radical (unpaired) electrons. The van der Waals surface area contributed by atoms with Gasteiger partial charge in [0, 0.05) is 68.0 Å². The number of nitrogens with two attached hydrogens (primary N) is 9. The van der Waals surface area contributed by atoms with Gasteiger partial charge < -0.3 is 61.9 Å². The molecule has 0 aliphatic rings. The molecule has 0 saturated carbocycles. The van der Waals surface area contributed by atoms with Gasteiger partial charge in [0.15, 0.2) is 0 Å². The van der Waals surface area contributed by atoms with E-state index in [1.807, 2.05) is 42.5 Å². The Bertz CT molecular complexity index is 3510. The molecular formula is C61H63F3N12O. The number of alkyl halides is 3. The zero-order valence-electron chi connectivity index (χ0n) is 43.1. The molecule has 1 heterocycles. The average molecular weight is 1040 g/mol. The summed E-state index contributed by atoms with van der Waals surface area (Å²) >= 11 is 0. The molecule has 20 N–H and O–H groups in total. The number of carbonyl (C=O) groups is 1. The first-order valence-corrected chi connectivity index (χ1v) is 24.0. The fourth-order valence-corrected chi connectivity index (χ4v) is 7.77. The second-order valence-electron chi connectivity index (χ2n) is 18.1. The number of aromatic amines is 1. The summed E-state index contributed by atoms with van der Waals surface area (Å²) in [5.74, 6) is 0.709. The van der Waals surface area contributed by atoms with Crippen LogP contribution in [0, 0.1) is 27.7 Å². The van der Waals surface area contributed by atoms with E-state index in [0.717, 1.165) is 56.9 Å². The topological polar surface area (TPSA) is 292 Å². The summed E-state index contributed by atoms with van der Waals surface area (Å²) in [5, 5.41) is 2.77. The Morgan fingerprint density at radius 2 is 0.792 bits per heavy atom. The molecule has 0 saturated heterocycles. The van der Waals surface area contributed by atoms with Crippen molar-refractivity contribution < 1.29 is 18.0 Å². The minimum absolute atomic E-state index is 0.0872. The lowest BCUT2D eigenvalue weighted by Gasteiger charge is -2.15. The van der Waals surface area contributed by atoms with Crippen LogP contribution in [0.5, 0.6) is 0 Å². The highest BCUT2D eigenvalue weighted by molar-refractivity contribution is 6.04. The van der Waals surface area contributed by atoms with Crippen LogP contribution in [-0.2, 0) is 6.18 Å². The van der Waals surface area contributed by atoms with Gasteiger partial charge in [-0.3, -0.25) is 4.79 Å². The first-order valence-electron chi connectivity index (χ1n) is 24.0. The molecule has 10 aromatic rings. The molecule has 0 bridgehead atoms. The van der Waals surface area contributed by atoms with Crippen LogP contribution in [-0.4, -0.2) is 15.9 Å². The lowest BCUT2D eigenvalue weighted by atomic mass is 9.95. The van der Waals surface area contributed by atoms with Crippen LogP contribution >= 0.6 is 0 Å². The molecule has 1 aromatic heterocycles. The van der Waals surface area contributed by atoms with Gasteiger partial charge in [-0.05, 0) is 206 Å². The van der Waals surface area contributed by atoms with E-state index in [-0.39, 0.29) is 17.2 Å². The Kier molecular flexibility index (Phi) is 18.4. The SMILES string of the molecule is Cc1cc(N)ccc1-c1ccc(N)cc1C.Cc1cc(N)ccc1-c1ccc(N)cc1C(F)(F)F.Cc1ccc(-c2nc3ccc(N)cc3[nH]2)cc1.Nc1ccc(N)cc1.Nc1ccc(NC(=O)c2ccc(N)cc2)cc1. The number of aryl methyl sites for hydroxylation is 4. The van der Waals surface area contributed by atoms with E-state index in [4.69, 9.17) is 51.6 Å². The maximum absolute atomic E-state index is 13.0. The molecule has 9 aromatic carbocycles. The molecular weight excluding hydrogens is 974 g/mol. The minimum atomic E-state index is -4.45. The number of aromatic nitrogens is 2. The molecule has 0 unspecified atom stereocenters. The summed E-state index contributed by atoms with van der Waals surface area (Å²) in [5.41, 5.74) is 66.8. The van der Waals surface area contributed by atoms with E-state index in [2.05, 4.69) is 72.5 Å². The fraction of sp³-hybridized carbons (Fsp3) is 0.0820. The maximum atomic E-state index is 13.0. The molecule has 0 spiro atoms. The monoisotopic (exact) mass is 1040 g/mol. The van der Waals surface area contributed by atoms with Gasteiger partial charge in [-0.1, -0.05) is 54.1 Å². The van der Waals surface area contributed by atoms with Crippen molar-refractivity contribution in [3.8, 4) is 33.6 Å². The van der Waals surface area contributed by atoms with Gasteiger partial charge in [-0.2, -0.15) is 13.2 Å². The molecule has 394 valence electrons. The third kappa shape index (κ3) is 16.2. The summed E-state index contributed by atoms with van der Waals surface area (Å²) in [7, 11) is 0. The zero-order chi connectivity index (χ0) is 56.0. The lowest BCUT2D eigenvalue weighted by Crippen LogP contribution is -2.11. The predicted molar refractivity (Wildman–Crippen MR) is 316 cm³/mol. The van der Waals surface area contributed by atoms with Crippen molar-refractivity contribution in [1.82, 2.24) is 9.97 Å². The van der Waals surface area contributed by atoms with Crippen LogP contribution in [0.2, 0.25) is 0 Å². The number of anilines is 10. The van der Waals surface area contributed by atoms with E-state index in [1.165, 1.54) is 39.9 Å². The Balaban J connectivity index is 0.000000159. The van der Waals surface area contributed by atoms with Crippen molar-refractivity contribution in [2.75, 3.05) is 56.9 Å². The second-order valence-corrected chi connectivity index (χ2v) is 18.1. The van der Waals surface area contributed by atoms with Gasteiger partial charge in [0.25, 0.3) is 5.91 Å². The van der Waals surface area contributed by atoms with E-state index >= 15 is 0 Å². The van der Waals surface area contributed by atoms with E-state index in [9.17, 15) is 18.0 Å². The predicted octanol–water partition coefficient (Wildman–Crippen LogP) is 13.1. The Hall–Kier alpha value is -10.1. The van der Waals surface area contributed by atoms with Crippen LogP contribution in [0.4, 0.5) is 70.0 Å². The first kappa shape index (κ1) is 56.2. The van der Waals surface area contributed by atoms with E-state index in [0.29, 0.717) is 39.4 Å². The lowest BCUT2D eigenvalue weighted by molar-refractivity contribution is -0.137. The van der Waals surface area contributed by atoms with Gasteiger partial charge in [0.05, 0.1) is 16.6 Å². The number of hydrogen-bond donors (Lipinski definition) is 11. The molecule has 77 heavy (non-hydrogen) atoms. The van der Waals surface area contributed by atoms with Crippen LogP contribution in [0.25, 0.3) is 44.7 Å². The van der Waals surface area contributed by atoms with Gasteiger partial charge in [0.1, 0.15) is 5.82 Å². The third-order valence-electron chi connectivity index (χ3n) is 11.8. The fourth-order valence-electron chi connectivity index (χ4n) is 7.77. The maximum Gasteiger partial charge on any atom is 0.417 e. The summed E-state index contributed by atoms with van der Waals surface area (Å²) in [4.78, 5) is 19.7. The smallest absolute Gasteiger partial charge is 0.399 e. The van der Waals surface area contributed by atoms with Gasteiger partial charge >= 0.3 is 6.18 Å². The number of nitrogens with one attached hydrogen (secondary N) is 2. The van der Waals surface area contributed by atoms with Crippen LogP contribution in [0.3, 0.4) is 0 Å². The molecule has 10 rings (SSSR count). The van der Waals surface area contributed by atoms with E-state index < -0.39 is 11.7 Å². The quantitative estimate of drug-likeness (QED) is 0.0721. The Morgan fingerprint density at radius 3 is 1.23 bits per heavy atom. The molecule has 0 aliphatic heterocycles. The number of nitrogens with zero attached hydrogens (tertiary/aromatic N) is 1. The largest absolute Gasteiger partial charge is 0.417 e. The van der Waals surface area contributed by atoms with Crippen molar-refractivity contribution in [2.24, 2.45) is 0 Å². The highest BCUT2D eigenvalue weighted by Crippen LogP contribution is 2.39. The number of benzene rings is 9. The Labute approximate surface area is 445 Å². The van der Waals surface area contributed by atoms with Crippen LogP contribution in [0.15, 0.2) is 188 Å². The number of halogens is 3. The third-order valence-corrected chi connectivity index (χ3v) is 11.8. The molecule has 1 amide bonds. The summed E-state index contributed by atoms with van der Waals surface area (Å²) in [6.45, 7) is 7.94. The van der Waals surface area contributed by atoms with Crippen molar-refractivity contribution >= 4 is 73.8 Å². The first-order chi connectivity index (χ1) is 36.5. The number of hydrogen-bond acceptors (Lipinski definition) is 11. The van der Waals surface area contributed by atoms with Gasteiger partial charge in [-0.25, -0.2) is 4.98 Å². The molecule has 0 fully saturated rings. The summed E-state index contributed by atoms with van der Waals surface area (Å²) in [6, 6.07) is 55.4. The number of carbonyl (C=O) groups excluding carboxylic acids is 1. The van der Waals surface area contributed by atoms with Crippen LogP contribution in [0.1, 0.15) is 38.2 Å². The molecule has 0 aliphatic carbocycles. The summed E-state index contributed by atoms with van der Waals surface area (Å²) in [6.07, 6.45) is -4.45. The number of imidazole rings is 1. The highest BCUT2D eigenvalue weighted by atomic mass is 19.4. The standard InChI is InChI=1S/C14H13F3N2.C14H13N3.C14H16N2.C13H13N3O.C6H8N2/c1-8-6-9(18)2-4-11(8)12-5-3-10(19)7-13(12)14(15,16)17;1-9-2-4-10(5-3-9)14-16-12-7-6-11(15)8-13(12)17-14;1-9-7-11(15)3-5-13(9)14-6-4-12(16)8-10(14)2;14-10-3-1-9(2-4-10)13(17)16-12-7-5-11(15)6-8-12;7-5-1-2-6(8)4-3-5/h2-7H,18-19H2,1H3;2-8H,15H2,1H3,(H,16,17);3-8H,15-16H2,1-2H3;1-8H,14-15H2,(H,16,17);1-4H,7-8H2. The van der Waals surface area contributed by atoms with Crippen LogP contribution < -0.4 is 56.9 Å². The minimum Gasteiger partial charge on any atom is -0.399 e. The second kappa shape index (κ2) is 25.2. The summed E-state index contributed by atoms with van der Waals surface area (Å²) < 4.78 is 39.1. The normalized spacial score (nSPS) is 10.5. The average Bonchev–Trinajstić information content (AvgIpc) is 3.80. The van der Waals surface area contributed by atoms with Crippen molar-refractivity contribution in [3.05, 3.63) is 221 Å². The number of nitrogen functional groups attached to an aromatic ring is 9. The van der Waals surface area contributed by atoms with Crippen molar-refractivity contribution in [1.29, 1.82) is 0 Å². The molecule has 16 heteroatoms. The molecule has 13 nitrogen and oxygen atoms in total.